The van der Waals surface area contributed by atoms with Gasteiger partial charge in [-0.1, -0.05) is 18.2 Å². The smallest absolute Gasteiger partial charge is 0.271 e. The number of carbonyl (C=O) groups is 1. The number of nitrogens with one attached hydrogen (secondary N) is 2. The molecule has 0 unspecified atom stereocenters. The molecule has 2 aromatic carbocycles. The van der Waals surface area contributed by atoms with E-state index in [1.807, 2.05) is 0 Å². The van der Waals surface area contributed by atoms with Crippen molar-refractivity contribution in [2.45, 2.75) is 6.42 Å². The van der Waals surface area contributed by atoms with Crippen molar-refractivity contribution in [2.75, 3.05) is 26.1 Å². The van der Waals surface area contributed by atoms with Crippen LogP contribution in [0.3, 0.4) is 0 Å². The highest BCUT2D eigenvalue weighted by Gasteiger charge is 2.10. The fraction of sp³-hybridized carbons (Fsp3) is 0.190. The Balaban J connectivity index is 1.60. The first kappa shape index (κ1) is 20.1. The van der Waals surface area contributed by atoms with Crippen molar-refractivity contribution >= 4 is 17.4 Å². The van der Waals surface area contributed by atoms with Gasteiger partial charge in [-0.2, -0.15) is 0 Å². The van der Waals surface area contributed by atoms with Gasteiger partial charge in [-0.15, -0.1) is 0 Å². The second-order valence-electron chi connectivity index (χ2n) is 6.08. The Kier molecular flexibility index (Phi) is 6.57. The van der Waals surface area contributed by atoms with Crippen LogP contribution in [0.4, 0.5) is 15.9 Å². The summed E-state index contributed by atoms with van der Waals surface area (Å²) in [7, 11) is 3.14. The van der Waals surface area contributed by atoms with Crippen LogP contribution in [-0.4, -0.2) is 36.6 Å². The van der Waals surface area contributed by atoms with E-state index in [1.165, 1.54) is 18.5 Å². The number of methoxy groups -OCH3 is 2. The maximum Gasteiger partial charge on any atom is 0.271 e. The predicted octanol–water partition coefficient (Wildman–Crippen LogP) is 3.35. The third-order valence-electron chi connectivity index (χ3n) is 4.19. The van der Waals surface area contributed by atoms with Crippen molar-refractivity contribution in [2.24, 2.45) is 0 Å². The van der Waals surface area contributed by atoms with E-state index in [1.54, 1.807) is 50.6 Å². The molecule has 0 saturated heterocycles. The number of ether oxygens (including phenoxy) is 2. The van der Waals surface area contributed by atoms with Gasteiger partial charge in [0.25, 0.3) is 5.91 Å². The summed E-state index contributed by atoms with van der Waals surface area (Å²) in [5, 5.41) is 5.80. The number of nitrogens with zero attached hydrogens (tertiary/aromatic N) is 2. The average Bonchev–Trinajstić information content (AvgIpc) is 2.75. The number of anilines is 2. The topological polar surface area (TPSA) is 85.4 Å². The Bertz CT molecular complexity index is 980. The second-order valence-corrected chi connectivity index (χ2v) is 6.08. The maximum absolute atomic E-state index is 13.6. The summed E-state index contributed by atoms with van der Waals surface area (Å²) >= 11 is 0. The molecule has 7 nitrogen and oxygen atoms in total. The zero-order chi connectivity index (χ0) is 20.6. The van der Waals surface area contributed by atoms with E-state index in [9.17, 15) is 9.18 Å². The van der Waals surface area contributed by atoms with Crippen LogP contribution in [-0.2, 0) is 6.42 Å². The highest BCUT2D eigenvalue weighted by molar-refractivity contribution is 5.92. The monoisotopic (exact) mass is 396 g/mol. The van der Waals surface area contributed by atoms with Crippen molar-refractivity contribution < 1.29 is 18.7 Å². The van der Waals surface area contributed by atoms with Gasteiger partial charge in [0.1, 0.15) is 28.8 Å². The molecular formula is C21H21FN4O3. The van der Waals surface area contributed by atoms with Crippen molar-refractivity contribution in [3.05, 3.63) is 71.9 Å². The lowest BCUT2D eigenvalue weighted by Crippen LogP contribution is -2.26. The third-order valence-corrected chi connectivity index (χ3v) is 4.19. The van der Waals surface area contributed by atoms with Crippen molar-refractivity contribution in [3.63, 3.8) is 0 Å². The normalized spacial score (nSPS) is 10.3. The molecule has 0 aliphatic rings. The lowest BCUT2D eigenvalue weighted by Gasteiger charge is -2.12. The number of hydrogen-bond donors (Lipinski definition) is 2. The van der Waals surface area contributed by atoms with E-state index in [4.69, 9.17) is 9.47 Å². The summed E-state index contributed by atoms with van der Waals surface area (Å²) in [6, 6.07) is 11.8. The Morgan fingerprint density at radius 1 is 1.07 bits per heavy atom. The van der Waals surface area contributed by atoms with E-state index in [2.05, 4.69) is 20.6 Å². The lowest BCUT2D eigenvalue weighted by atomic mass is 10.1. The van der Waals surface area contributed by atoms with E-state index in [-0.39, 0.29) is 17.4 Å². The Labute approximate surface area is 167 Å². The zero-order valence-electron chi connectivity index (χ0n) is 16.1. The molecule has 1 amide bonds. The zero-order valence-corrected chi connectivity index (χ0v) is 16.1. The van der Waals surface area contributed by atoms with Crippen LogP contribution in [0.2, 0.25) is 0 Å². The molecule has 0 bridgehead atoms. The van der Waals surface area contributed by atoms with Crippen molar-refractivity contribution in [3.8, 4) is 11.5 Å². The average molecular weight is 396 g/mol. The molecule has 1 aromatic heterocycles. The first-order valence-corrected chi connectivity index (χ1v) is 8.93. The molecule has 0 atom stereocenters. The predicted molar refractivity (Wildman–Crippen MR) is 107 cm³/mol. The van der Waals surface area contributed by atoms with Crippen LogP contribution in [0.25, 0.3) is 0 Å². The van der Waals surface area contributed by atoms with Crippen LogP contribution >= 0.6 is 0 Å². The Morgan fingerprint density at radius 2 is 1.90 bits per heavy atom. The fourth-order valence-electron chi connectivity index (χ4n) is 2.66. The molecule has 150 valence electrons. The minimum atomic E-state index is -0.376. The van der Waals surface area contributed by atoms with Gasteiger partial charge in [-0.3, -0.25) is 4.79 Å². The van der Waals surface area contributed by atoms with Gasteiger partial charge >= 0.3 is 0 Å². The number of hydrogen-bond acceptors (Lipinski definition) is 6. The quantitative estimate of drug-likeness (QED) is 0.607. The van der Waals surface area contributed by atoms with Crippen LogP contribution in [0.15, 0.2) is 54.9 Å². The molecule has 0 saturated carbocycles. The van der Waals surface area contributed by atoms with Crippen molar-refractivity contribution in [1.82, 2.24) is 15.3 Å². The number of aromatic nitrogens is 2. The maximum atomic E-state index is 13.6. The van der Waals surface area contributed by atoms with Crippen LogP contribution < -0.4 is 20.1 Å². The van der Waals surface area contributed by atoms with E-state index in [0.29, 0.717) is 41.5 Å². The number of benzene rings is 2. The molecule has 0 aliphatic carbocycles. The molecule has 3 rings (SSSR count). The van der Waals surface area contributed by atoms with E-state index >= 15 is 0 Å². The summed E-state index contributed by atoms with van der Waals surface area (Å²) in [5.74, 6) is 1.05. The minimum absolute atomic E-state index is 0.168. The molecule has 0 aliphatic heterocycles. The summed E-state index contributed by atoms with van der Waals surface area (Å²) in [4.78, 5) is 20.6. The van der Waals surface area contributed by atoms with Gasteiger partial charge in [0.2, 0.25) is 0 Å². The third kappa shape index (κ3) is 5.19. The lowest BCUT2D eigenvalue weighted by molar-refractivity contribution is 0.0948. The number of amides is 1. The molecule has 2 N–H and O–H groups in total. The highest BCUT2D eigenvalue weighted by atomic mass is 19.1. The van der Waals surface area contributed by atoms with E-state index in [0.717, 1.165) is 0 Å². The largest absolute Gasteiger partial charge is 0.497 e. The van der Waals surface area contributed by atoms with Crippen molar-refractivity contribution in [1.29, 1.82) is 0 Å². The molecule has 1 heterocycles. The molecule has 3 aromatic rings. The van der Waals surface area contributed by atoms with Crippen LogP contribution in [0.1, 0.15) is 16.1 Å². The standard InChI is InChI=1S/C21H21FN4O3/c1-28-15-7-8-19(29-2)17(11-15)26-20-13-24-18(12-25-20)21(27)23-10-9-14-5-3-4-6-16(14)22/h3-8,11-13H,9-10H2,1-2H3,(H,23,27)(H,25,26). The summed E-state index contributed by atoms with van der Waals surface area (Å²) in [6.07, 6.45) is 3.21. The SMILES string of the molecule is COc1ccc(OC)c(Nc2cnc(C(=O)NCCc3ccccc3F)cn2)c1. The highest BCUT2D eigenvalue weighted by Crippen LogP contribution is 2.30. The first-order chi connectivity index (χ1) is 14.1. The summed E-state index contributed by atoms with van der Waals surface area (Å²) in [5.41, 5.74) is 1.37. The van der Waals surface area contributed by atoms with Gasteiger partial charge in [-0.25, -0.2) is 14.4 Å². The van der Waals surface area contributed by atoms with Crippen LogP contribution in [0.5, 0.6) is 11.5 Å². The summed E-state index contributed by atoms with van der Waals surface area (Å²) in [6.45, 7) is 0.294. The number of carbonyl (C=O) groups excluding carboxylic acids is 1. The molecule has 29 heavy (non-hydrogen) atoms. The van der Waals surface area contributed by atoms with Gasteiger partial charge in [-0.05, 0) is 30.2 Å². The molecule has 0 spiro atoms. The second kappa shape index (κ2) is 9.50. The van der Waals surface area contributed by atoms with Gasteiger partial charge < -0.3 is 20.1 Å². The molecule has 0 fully saturated rings. The number of halogens is 1. The summed E-state index contributed by atoms with van der Waals surface area (Å²) < 4.78 is 24.1. The first-order valence-electron chi connectivity index (χ1n) is 8.93. The fourth-order valence-corrected chi connectivity index (χ4v) is 2.66. The molecule has 8 heteroatoms. The van der Waals surface area contributed by atoms with Gasteiger partial charge in [0, 0.05) is 12.6 Å². The molecular weight excluding hydrogens is 375 g/mol. The van der Waals surface area contributed by atoms with E-state index < -0.39 is 0 Å². The Hall–Kier alpha value is -3.68. The number of rotatable bonds is 8. The van der Waals surface area contributed by atoms with Gasteiger partial charge in [0.05, 0.1) is 32.3 Å². The van der Waals surface area contributed by atoms with Crippen LogP contribution in [0, 0.1) is 5.82 Å². The Morgan fingerprint density at radius 3 is 2.59 bits per heavy atom. The molecule has 0 radical (unpaired) electrons. The van der Waals surface area contributed by atoms with Gasteiger partial charge in [0.15, 0.2) is 0 Å². The minimum Gasteiger partial charge on any atom is -0.497 e.